The minimum Gasteiger partial charge on any atom is -0.293 e. The first-order valence-corrected chi connectivity index (χ1v) is 10.7. The Balaban J connectivity index is 1.93. The van der Waals surface area contributed by atoms with Gasteiger partial charge in [0.05, 0.1) is 16.2 Å². The maximum atomic E-state index is 13.5. The smallest absolute Gasteiger partial charge is 0.281 e. The van der Waals surface area contributed by atoms with E-state index in [0.29, 0.717) is 22.8 Å². The number of benzene rings is 4. The Bertz CT molecular complexity index is 1510. The lowest BCUT2D eigenvalue weighted by molar-refractivity contribution is -0.384. The third-order valence-corrected chi connectivity index (χ3v) is 5.55. The SMILES string of the molecule is O=c1nc(-c2ccccc2)n(-c2ccc([N+](=O)[O-])cc2)c(-c2ccccc2)c1-c1ccccc1. The van der Waals surface area contributed by atoms with Gasteiger partial charge in [-0.25, -0.2) is 0 Å². The molecule has 0 aliphatic carbocycles. The van der Waals surface area contributed by atoms with Crippen molar-refractivity contribution in [2.24, 2.45) is 0 Å². The van der Waals surface area contributed by atoms with E-state index in [0.717, 1.165) is 16.7 Å². The molecule has 0 spiro atoms. The van der Waals surface area contributed by atoms with Crippen LogP contribution in [0.2, 0.25) is 0 Å². The number of nitro benzene ring substituents is 1. The van der Waals surface area contributed by atoms with Gasteiger partial charge in [-0.05, 0) is 23.3 Å². The standard InChI is InChI=1S/C28H19N3O3/c32-28-25(20-10-4-1-5-11-20)26(21-12-6-2-7-13-21)30(23-16-18-24(19-17-23)31(33)34)27(29-28)22-14-8-3-9-15-22/h1-19H. The van der Waals surface area contributed by atoms with Crippen molar-refractivity contribution in [1.82, 2.24) is 9.55 Å². The molecule has 0 fully saturated rings. The number of nitro groups is 1. The highest BCUT2D eigenvalue weighted by Gasteiger charge is 2.22. The average Bonchev–Trinajstić information content (AvgIpc) is 2.89. The van der Waals surface area contributed by atoms with Crippen LogP contribution in [0.15, 0.2) is 120 Å². The maximum Gasteiger partial charge on any atom is 0.281 e. The monoisotopic (exact) mass is 445 g/mol. The lowest BCUT2D eigenvalue weighted by Crippen LogP contribution is -2.19. The predicted molar refractivity (Wildman–Crippen MR) is 133 cm³/mol. The first kappa shape index (κ1) is 21.0. The molecular weight excluding hydrogens is 426 g/mol. The summed E-state index contributed by atoms with van der Waals surface area (Å²) in [4.78, 5) is 28.9. The van der Waals surface area contributed by atoms with E-state index in [1.54, 1.807) is 12.1 Å². The van der Waals surface area contributed by atoms with Crippen molar-refractivity contribution in [3.8, 4) is 39.5 Å². The Morgan fingerprint density at radius 2 is 1.15 bits per heavy atom. The molecule has 0 amide bonds. The predicted octanol–water partition coefficient (Wildman–Crippen LogP) is 6.14. The molecule has 6 heteroatoms. The van der Waals surface area contributed by atoms with E-state index in [1.807, 2.05) is 95.6 Å². The third-order valence-electron chi connectivity index (χ3n) is 5.55. The van der Waals surface area contributed by atoms with Crippen LogP contribution in [-0.4, -0.2) is 14.5 Å². The number of rotatable bonds is 5. The van der Waals surface area contributed by atoms with Crippen LogP contribution in [0.1, 0.15) is 0 Å². The number of nitrogens with zero attached hydrogens (tertiary/aromatic N) is 3. The van der Waals surface area contributed by atoms with Crippen molar-refractivity contribution in [2.45, 2.75) is 0 Å². The van der Waals surface area contributed by atoms with E-state index in [2.05, 4.69) is 4.98 Å². The van der Waals surface area contributed by atoms with Gasteiger partial charge in [0, 0.05) is 23.4 Å². The fourth-order valence-electron chi connectivity index (χ4n) is 4.01. The molecule has 5 aromatic rings. The quantitative estimate of drug-likeness (QED) is 0.240. The topological polar surface area (TPSA) is 78.0 Å². The van der Waals surface area contributed by atoms with Crippen molar-refractivity contribution in [2.75, 3.05) is 0 Å². The normalized spacial score (nSPS) is 10.7. The summed E-state index contributed by atoms with van der Waals surface area (Å²) in [6, 6.07) is 34.8. The van der Waals surface area contributed by atoms with Crippen LogP contribution in [0.3, 0.4) is 0 Å². The summed E-state index contributed by atoms with van der Waals surface area (Å²) in [5, 5.41) is 11.3. The molecule has 0 saturated heterocycles. The second-order valence-corrected chi connectivity index (χ2v) is 7.67. The highest BCUT2D eigenvalue weighted by Crippen LogP contribution is 2.35. The van der Waals surface area contributed by atoms with Gasteiger partial charge in [-0.3, -0.25) is 19.5 Å². The van der Waals surface area contributed by atoms with Gasteiger partial charge >= 0.3 is 0 Å². The van der Waals surface area contributed by atoms with E-state index in [4.69, 9.17) is 0 Å². The van der Waals surface area contributed by atoms with Crippen LogP contribution in [0.5, 0.6) is 0 Å². The Labute approximate surface area is 195 Å². The van der Waals surface area contributed by atoms with Gasteiger partial charge in [0.25, 0.3) is 11.2 Å². The first-order valence-electron chi connectivity index (χ1n) is 10.7. The molecule has 0 N–H and O–H groups in total. The third kappa shape index (κ3) is 3.89. The van der Waals surface area contributed by atoms with E-state index in [9.17, 15) is 14.9 Å². The summed E-state index contributed by atoms with van der Waals surface area (Å²) < 4.78 is 1.90. The maximum absolute atomic E-state index is 13.5. The summed E-state index contributed by atoms with van der Waals surface area (Å²) >= 11 is 0. The van der Waals surface area contributed by atoms with Gasteiger partial charge in [-0.15, -0.1) is 0 Å². The van der Waals surface area contributed by atoms with Gasteiger partial charge in [0.15, 0.2) is 0 Å². The number of aromatic nitrogens is 2. The first-order chi connectivity index (χ1) is 16.6. The molecule has 0 saturated carbocycles. The number of hydrogen-bond acceptors (Lipinski definition) is 4. The van der Waals surface area contributed by atoms with Crippen molar-refractivity contribution in [1.29, 1.82) is 0 Å². The number of non-ortho nitro benzene ring substituents is 1. The van der Waals surface area contributed by atoms with Crippen LogP contribution >= 0.6 is 0 Å². The largest absolute Gasteiger partial charge is 0.293 e. The lowest BCUT2D eigenvalue weighted by Gasteiger charge is -2.21. The molecule has 164 valence electrons. The van der Waals surface area contributed by atoms with Crippen molar-refractivity contribution < 1.29 is 4.92 Å². The van der Waals surface area contributed by atoms with E-state index in [1.165, 1.54) is 12.1 Å². The Morgan fingerprint density at radius 3 is 1.68 bits per heavy atom. The van der Waals surface area contributed by atoms with Gasteiger partial charge in [-0.1, -0.05) is 91.0 Å². The fraction of sp³-hybridized carbons (Fsp3) is 0. The Morgan fingerprint density at radius 1 is 0.647 bits per heavy atom. The van der Waals surface area contributed by atoms with Crippen molar-refractivity contribution in [3.05, 3.63) is 136 Å². The van der Waals surface area contributed by atoms with E-state index < -0.39 is 4.92 Å². The van der Waals surface area contributed by atoms with Gasteiger partial charge in [0.1, 0.15) is 5.82 Å². The van der Waals surface area contributed by atoms with Gasteiger partial charge in [0.2, 0.25) is 0 Å². The lowest BCUT2D eigenvalue weighted by atomic mass is 9.99. The highest BCUT2D eigenvalue weighted by molar-refractivity contribution is 5.83. The molecule has 1 aromatic heterocycles. The Kier molecular flexibility index (Phi) is 5.54. The molecule has 34 heavy (non-hydrogen) atoms. The molecule has 0 atom stereocenters. The summed E-state index contributed by atoms with van der Waals surface area (Å²) in [5.41, 5.74) is 3.77. The molecule has 0 unspecified atom stereocenters. The summed E-state index contributed by atoms with van der Waals surface area (Å²) in [5.74, 6) is 0.456. The van der Waals surface area contributed by atoms with E-state index >= 15 is 0 Å². The number of hydrogen-bond donors (Lipinski definition) is 0. The van der Waals surface area contributed by atoms with Crippen LogP contribution in [0, 0.1) is 10.1 Å². The summed E-state index contributed by atoms with van der Waals surface area (Å²) in [7, 11) is 0. The zero-order valence-corrected chi connectivity index (χ0v) is 18.0. The molecule has 0 aliphatic heterocycles. The fourth-order valence-corrected chi connectivity index (χ4v) is 4.01. The summed E-state index contributed by atoms with van der Waals surface area (Å²) in [6.45, 7) is 0. The second-order valence-electron chi connectivity index (χ2n) is 7.67. The van der Waals surface area contributed by atoms with Crippen molar-refractivity contribution in [3.63, 3.8) is 0 Å². The zero-order chi connectivity index (χ0) is 23.5. The highest BCUT2D eigenvalue weighted by atomic mass is 16.6. The van der Waals surface area contributed by atoms with Gasteiger partial charge < -0.3 is 0 Å². The molecule has 0 aliphatic rings. The van der Waals surface area contributed by atoms with Crippen molar-refractivity contribution >= 4 is 5.69 Å². The van der Waals surface area contributed by atoms with Crippen LogP contribution in [-0.2, 0) is 0 Å². The van der Waals surface area contributed by atoms with Crippen LogP contribution in [0.4, 0.5) is 5.69 Å². The van der Waals surface area contributed by atoms with Gasteiger partial charge in [-0.2, -0.15) is 4.98 Å². The Hall–Kier alpha value is -4.84. The van der Waals surface area contributed by atoms with Crippen LogP contribution < -0.4 is 5.56 Å². The summed E-state index contributed by atoms with van der Waals surface area (Å²) in [6.07, 6.45) is 0. The minimum atomic E-state index is -0.431. The average molecular weight is 445 g/mol. The molecule has 6 nitrogen and oxygen atoms in total. The molecule has 4 aromatic carbocycles. The molecule has 0 bridgehead atoms. The zero-order valence-electron chi connectivity index (χ0n) is 18.0. The van der Waals surface area contributed by atoms with Crippen LogP contribution in [0.25, 0.3) is 39.5 Å². The molecular formula is C28H19N3O3. The second kappa shape index (κ2) is 8.96. The molecule has 5 rings (SSSR count). The minimum absolute atomic E-state index is 0.0106. The molecule has 0 radical (unpaired) electrons. The molecule has 1 heterocycles. The van der Waals surface area contributed by atoms with E-state index in [-0.39, 0.29) is 11.2 Å².